The molecule has 0 bridgehead atoms. The molecule has 3 rings (SSSR count). The Morgan fingerprint density at radius 2 is 2.24 bits per heavy atom. The summed E-state index contributed by atoms with van der Waals surface area (Å²) >= 11 is 0. The Labute approximate surface area is 147 Å². The summed E-state index contributed by atoms with van der Waals surface area (Å²) in [6.07, 6.45) is 1.92. The SMILES string of the molecule is CCNC(=NCc1noc(C)n1)NC1CCc2nc(C(C)C)nn2C1. The first-order chi connectivity index (χ1) is 12.0. The van der Waals surface area contributed by atoms with E-state index in [9.17, 15) is 0 Å². The van der Waals surface area contributed by atoms with Crippen LogP contribution in [0.2, 0.25) is 0 Å². The lowest BCUT2D eigenvalue weighted by Crippen LogP contribution is -2.47. The molecule has 2 aromatic rings. The molecule has 0 aromatic carbocycles. The van der Waals surface area contributed by atoms with Crippen molar-refractivity contribution in [1.82, 2.24) is 35.5 Å². The van der Waals surface area contributed by atoms with Gasteiger partial charge in [-0.3, -0.25) is 0 Å². The highest BCUT2D eigenvalue weighted by Gasteiger charge is 2.23. The monoisotopic (exact) mass is 346 g/mol. The zero-order chi connectivity index (χ0) is 17.8. The summed E-state index contributed by atoms with van der Waals surface area (Å²) < 4.78 is 6.99. The van der Waals surface area contributed by atoms with E-state index in [1.165, 1.54) is 0 Å². The summed E-state index contributed by atoms with van der Waals surface area (Å²) in [5, 5.41) is 15.2. The average molecular weight is 346 g/mol. The van der Waals surface area contributed by atoms with E-state index in [1.807, 2.05) is 11.6 Å². The van der Waals surface area contributed by atoms with Gasteiger partial charge in [-0.05, 0) is 13.3 Å². The van der Waals surface area contributed by atoms with E-state index in [4.69, 9.17) is 4.52 Å². The van der Waals surface area contributed by atoms with Crippen LogP contribution in [0.3, 0.4) is 0 Å². The van der Waals surface area contributed by atoms with E-state index in [-0.39, 0.29) is 6.04 Å². The minimum absolute atomic E-state index is 0.263. The van der Waals surface area contributed by atoms with Crippen molar-refractivity contribution in [3.63, 3.8) is 0 Å². The number of rotatable bonds is 5. The summed E-state index contributed by atoms with van der Waals surface area (Å²) in [5.41, 5.74) is 0. The summed E-state index contributed by atoms with van der Waals surface area (Å²) in [6, 6.07) is 0.263. The molecule has 0 amide bonds. The maximum Gasteiger partial charge on any atom is 0.223 e. The van der Waals surface area contributed by atoms with Crippen LogP contribution in [-0.2, 0) is 19.5 Å². The van der Waals surface area contributed by atoms with Crippen molar-refractivity contribution >= 4 is 5.96 Å². The van der Waals surface area contributed by atoms with Gasteiger partial charge in [0.05, 0.1) is 6.54 Å². The predicted molar refractivity (Wildman–Crippen MR) is 93.2 cm³/mol. The Balaban J connectivity index is 1.64. The number of nitrogens with zero attached hydrogens (tertiary/aromatic N) is 6. The Morgan fingerprint density at radius 3 is 2.92 bits per heavy atom. The lowest BCUT2D eigenvalue weighted by atomic mass is 10.1. The Bertz CT molecular complexity index is 732. The van der Waals surface area contributed by atoms with Crippen LogP contribution in [0.25, 0.3) is 0 Å². The molecular formula is C16H26N8O. The third-order valence-electron chi connectivity index (χ3n) is 4.02. The van der Waals surface area contributed by atoms with Gasteiger partial charge >= 0.3 is 0 Å². The van der Waals surface area contributed by atoms with Gasteiger partial charge in [-0.25, -0.2) is 14.7 Å². The van der Waals surface area contributed by atoms with Crippen molar-refractivity contribution in [3.8, 4) is 0 Å². The van der Waals surface area contributed by atoms with Crippen LogP contribution in [0, 0.1) is 6.92 Å². The van der Waals surface area contributed by atoms with Gasteiger partial charge in [-0.15, -0.1) is 0 Å². The molecule has 0 saturated carbocycles. The molecule has 1 atom stereocenters. The number of hydrogen-bond donors (Lipinski definition) is 2. The van der Waals surface area contributed by atoms with Gasteiger partial charge in [0.25, 0.3) is 0 Å². The van der Waals surface area contributed by atoms with E-state index >= 15 is 0 Å². The molecule has 3 heterocycles. The van der Waals surface area contributed by atoms with Gasteiger partial charge in [0.2, 0.25) is 5.89 Å². The standard InChI is InChI=1S/C16H26N8O/c1-5-17-16(18-8-13-19-11(4)25-23-13)20-12-6-7-14-21-15(10(2)3)22-24(14)9-12/h10,12H,5-9H2,1-4H3,(H2,17,18,20). The van der Waals surface area contributed by atoms with Gasteiger partial charge in [0.15, 0.2) is 17.6 Å². The zero-order valence-corrected chi connectivity index (χ0v) is 15.3. The topological polar surface area (TPSA) is 106 Å². The fourth-order valence-corrected chi connectivity index (χ4v) is 2.76. The molecule has 0 spiro atoms. The van der Waals surface area contributed by atoms with Crippen LogP contribution in [0.1, 0.15) is 56.5 Å². The largest absolute Gasteiger partial charge is 0.357 e. The highest BCUT2D eigenvalue weighted by Crippen LogP contribution is 2.16. The van der Waals surface area contributed by atoms with Crippen LogP contribution >= 0.6 is 0 Å². The minimum atomic E-state index is 0.263. The molecule has 9 heteroatoms. The fraction of sp³-hybridized carbons (Fsp3) is 0.688. The maximum absolute atomic E-state index is 4.98. The minimum Gasteiger partial charge on any atom is -0.357 e. The Morgan fingerprint density at radius 1 is 1.40 bits per heavy atom. The number of aromatic nitrogens is 5. The first-order valence-electron chi connectivity index (χ1n) is 8.82. The van der Waals surface area contributed by atoms with Crippen LogP contribution in [0.15, 0.2) is 9.52 Å². The molecule has 0 radical (unpaired) electrons. The molecule has 1 aliphatic heterocycles. The number of guanidine groups is 1. The molecule has 2 aromatic heterocycles. The van der Waals surface area contributed by atoms with Crippen LogP contribution in [-0.4, -0.2) is 43.5 Å². The second kappa shape index (κ2) is 7.62. The van der Waals surface area contributed by atoms with Crippen LogP contribution in [0.5, 0.6) is 0 Å². The predicted octanol–water partition coefficient (Wildman–Crippen LogP) is 1.16. The molecule has 1 aliphatic rings. The molecule has 0 aliphatic carbocycles. The third kappa shape index (κ3) is 4.34. The molecule has 136 valence electrons. The average Bonchev–Trinajstić information content (AvgIpc) is 3.18. The summed E-state index contributed by atoms with van der Waals surface area (Å²) in [6.45, 7) is 10.0. The summed E-state index contributed by atoms with van der Waals surface area (Å²) in [5.74, 6) is 4.23. The van der Waals surface area contributed by atoms with Crippen molar-refractivity contribution in [2.24, 2.45) is 4.99 Å². The third-order valence-corrected chi connectivity index (χ3v) is 4.02. The fourth-order valence-electron chi connectivity index (χ4n) is 2.76. The molecular weight excluding hydrogens is 320 g/mol. The van der Waals surface area contributed by atoms with Crippen molar-refractivity contribution in [3.05, 3.63) is 23.4 Å². The first-order valence-corrected chi connectivity index (χ1v) is 8.82. The first kappa shape index (κ1) is 17.4. The number of aryl methyl sites for hydroxylation is 2. The van der Waals surface area contributed by atoms with Gasteiger partial charge in [-0.1, -0.05) is 19.0 Å². The van der Waals surface area contributed by atoms with Crippen molar-refractivity contribution in [1.29, 1.82) is 0 Å². The Kier molecular flexibility index (Phi) is 5.30. The molecule has 0 saturated heterocycles. The van der Waals surface area contributed by atoms with E-state index in [0.717, 1.165) is 43.5 Å². The van der Waals surface area contributed by atoms with Crippen molar-refractivity contribution in [2.45, 2.75) is 65.6 Å². The van der Waals surface area contributed by atoms with Crippen LogP contribution < -0.4 is 10.6 Å². The number of aliphatic imine (C=N–C) groups is 1. The summed E-state index contributed by atoms with van der Waals surface area (Å²) in [4.78, 5) is 13.4. The zero-order valence-electron chi connectivity index (χ0n) is 15.3. The smallest absolute Gasteiger partial charge is 0.223 e. The molecule has 0 fully saturated rings. The van der Waals surface area contributed by atoms with Crippen molar-refractivity contribution < 1.29 is 4.52 Å². The quantitative estimate of drug-likeness (QED) is 0.618. The summed E-state index contributed by atoms with van der Waals surface area (Å²) in [7, 11) is 0. The lowest BCUT2D eigenvalue weighted by molar-refractivity contribution is 0.386. The van der Waals surface area contributed by atoms with Gasteiger partial charge < -0.3 is 15.2 Å². The van der Waals surface area contributed by atoms with E-state index < -0.39 is 0 Å². The second-order valence-corrected chi connectivity index (χ2v) is 6.53. The Hall–Kier alpha value is -2.45. The highest BCUT2D eigenvalue weighted by atomic mass is 16.5. The maximum atomic E-state index is 4.98. The van der Waals surface area contributed by atoms with E-state index in [2.05, 4.69) is 49.7 Å². The normalized spacial score (nSPS) is 17.6. The number of hydrogen-bond acceptors (Lipinski definition) is 6. The lowest BCUT2D eigenvalue weighted by Gasteiger charge is -2.25. The number of nitrogens with one attached hydrogen (secondary N) is 2. The van der Waals surface area contributed by atoms with Gasteiger partial charge in [0, 0.05) is 31.8 Å². The number of fused-ring (bicyclic) bond motifs is 1. The second-order valence-electron chi connectivity index (χ2n) is 6.53. The van der Waals surface area contributed by atoms with Gasteiger partial charge in [0.1, 0.15) is 12.4 Å². The van der Waals surface area contributed by atoms with Crippen LogP contribution in [0.4, 0.5) is 0 Å². The molecule has 1 unspecified atom stereocenters. The highest BCUT2D eigenvalue weighted by molar-refractivity contribution is 5.80. The molecule has 25 heavy (non-hydrogen) atoms. The van der Waals surface area contributed by atoms with E-state index in [0.29, 0.717) is 24.2 Å². The van der Waals surface area contributed by atoms with Gasteiger partial charge in [-0.2, -0.15) is 10.1 Å². The molecule has 9 nitrogen and oxygen atoms in total. The molecule has 2 N–H and O–H groups in total. The van der Waals surface area contributed by atoms with Crippen molar-refractivity contribution in [2.75, 3.05) is 6.54 Å². The van der Waals surface area contributed by atoms with E-state index in [1.54, 1.807) is 6.92 Å².